The molecule has 29 heavy (non-hydrogen) atoms. The van der Waals surface area contributed by atoms with Crippen molar-refractivity contribution in [2.75, 3.05) is 11.6 Å². The molecular weight excluding hydrogens is 431 g/mol. The lowest BCUT2D eigenvalue weighted by Gasteiger charge is -2.11. The van der Waals surface area contributed by atoms with E-state index in [1.54, 1.807) is 30.6 Å². The molecule has 3 rings (SSSR count). The van der Waals surface area contributed by atoms with Crippen molar-refractivity contribution >= 4 is 44.6 Å². The van der Waals surface area contributed by atoms with Crippen LogP contribution in [0.1, 0.15) is 11.1 Å². The summed E-state index contributed by atoms with van der Waals surface area (Å²) in [4.78, 5) is 16.6. The van der Waals surface area contributed by atoms with Gasteiger partial charge in [-0.1, -0.05) is 35.3 Å². The number of benzene rings is 2. The van der Waals surface area contributed by atoms with Gasteiger partial charge in [0.05, 0.1) is 23.2 Å². The molecule has 2 aromatic carbocycles. The van der Waals surface area contributed by atoms with Crippen LogP contribution in [0.3, 0.4) is 0 Å². The Morgan fingerprint density at radius 1 is 1.10 bits per heavy atom. The number of rotatable bonds is 5. The zero-order valence-corrected chi connectivity index (χ0v) is 18.1. The highest BCUT2D eigenvalue weighted by atomic mass is 35.5. The van der Waals surface area contributed by atoms with Crippen molar-refractivity contribution in [2.24, 2.45) is 0 Å². The third-order valence-electron chi connectivity index (χ3n) is 4.32. The first-order valence-electron chi connectivity index (χ1n) is 8.63. The lowest BCUT2D eigenvalue weighted by atomic mass is 10.0. The molecule has 1 aromatic heterocycles. The van der Waals surface area contributed by atoms with Gasteiger partial charge in [0.2, 0.25) is 5.91 Å². The minimum atomic E-state index is -3.36. The van der Waals surface area contributed by atoms with E-state index in [2.05, 4.69) is 10.3 Å². The summed E-state index contributed by atoms with van der Waals surface area (Å²) < 4.78 is 23.4. The van der Waals surface area contributed by atoms with Crippen molar-refractivity contribution in [2.45, 2.75) is 18.2 Å². The first-order valence-corrected chi connectivity index (χ1v) is 11.3. The van der Waals surface area contributed by atoms with Crippen molar-refractivity contribution in [3.63, 3.8) is 0 Å². The fourth-order valence-electron chi connectivity index (χ4n) is 2.84. The van der Waals surface area contributed by atoms with E-state index in [0.29, 0.717) is 27.4 Å². The Labute approximate surface area is 179 Å². The molecule has 1 heterocycles. The van der Waals surface area contributed by atoms with Gasteiger partial charge >= 0.3 is 0 Å². The molecule has 8 heteroatoms. The van der Waals surface area contributed by atoms with E-state index in [1.807, 2.05) is 19.1 Å². The number of carbonyl (C=O) groups is 1. The summed E-state index contributed by atoms with van der Waals surface area (Å²) in [5, 5.41) is 3.57. The van der Waals surface area contributed by atoms with Gasteiger partial charge in [-0.05, 0) is 53.9 Å². The topological polar surface area (TPSA) is 76.1 Å². The number of hydrogen-bond donors (Lipinski definition) is 1. The lowest BCUT2D eigenvalue weighted by molar-refractivity contribution is -0.115. The molecule has 5 nitrogen and oxygen atoms in total. The van der Waals surface area contributed by atoms with E-state index in [4.69, 9.17) is 23.2 Å². The summed E-state index contributed by atoms with van der Waals surface area (Å²) >= 11 is 12.6. The van der Waals surface area contributed by atoms with Crippen molar-refractivity contribution in [3.05, 3.63) is 76.0 Å². The van der Waals surface area contributed by atoms with Crippen molar-refractivity contribution in [3.8, 4) is 11.1 Å². The van der Waals surface area contributed by atoms with Crippen LogP contribution in [-0.4, -0.2) is 25.6 Å². The van der Waals surface area contributed by atoms with E-state index in [-0.39, 0.29) is 22.2 Å². The Morgan fingerprint density at radius 2 is 1.86 bits per heavy atom. The summed E-state index contributed by atoms with van der Waals surface area (Å²) in [5.41, 5.74) is 3.60. The van der Waals surface area contributed by atoms with Gasteiger partial charge < -0.3 is 5.32 Å². The van der Waals surface area contributed by atoms with Crippen LogP contribution in [0.5, 0.6) is 0 Å². The molecule has 0 unspecified atom stereocenters. The number of pyridine rings is 1. The van der Waals surface area contributed by atoms with E-state index in [0.717, 1.165) is 11.8 Å². The smallest absolute Gasteiger partial charge is 0.228 e. The predicted octanol–water partition coefficient (Wildman–Crippen LogP) is 4.95. The van der Waals surface area contributed by atoms with Crippen LogP contribution in [0.25, 0.3) is 11.1 Å². The Hall–Kier alpha value is -2.41. The first kappa shape index (κ1) is 21.3. The summed E-state index contributed by atoms with van der Waals surface area (Å²) in [5.74, 6) is -0.201. The molecular formula is C21H18Cl2N2O3S. The quantitative estimate of drug-likeness (QED) is 0.598. The van der Waals surface area contributed by atoms with E-state index in [1.165, 1.54) is 12.1 Å². The third-order valence-corrected chi connectivity index (χ3v) is 5.96. The van der Waals surface area contributed by atoms with Gasteiger partial charge in [-0.15, -0.1) is 0 Å². The molecule has 0 saturated carbocycles. The average molecular weight is 449 g/mol. The van der Waals surface area contributed by atoms with E-state index in [9.17, 15) is 13.2 Å². The normalized spacial score (nSPS) is 11.3. The Balaban J connectivity index is 1.87. The molecule has 0 bridgehead atoms. The van der Waals surface area contributed by atoms with Crippen molar-refractivity contribution < 1.29 is 13.2 Å². The van der Waals surface area contributed by atoms with Crippen LogP contribution < -0.4 is 5.32 Å². The molecule has 0 radical (unpaired) electrons. The first-order chi connectivity index (χ1) is 13.6. The molecule has 0 aliphatic rings. The number of sulfone groups is 1. The molecule has 0 aliphatic carbocycles. The zero-order valence-electron chi connectivity index (χ0n) is 15.7. The number of nitrogens with one attached hydrogen (secondary N) is 1. The lowest BCUT2D eigenvalue weighted by Crippen LogP contribution is -2.15. The minimum Gasteiger partial charge on any atom is -0.324 e. The Kier molecular flexibility index (Phi) is 6.27. The number of aromatic nitrogens is 1. The number of aryl methyl sites for hydroxylation is 1. The van der Waals surface area contributed by atoms with Gasteiger partial charge in [0.15, 0.2) is 9.84 Å². The van der Waals surface area contributed by atoms with Gasteiger partial charge in [0.1, 0.15) is 0 Å². The van der Waals surface area contributed by atoms with Gasteiger partial charge in [-0.3, -0.25) is 9.78 Å². The number of hydrogen-bond acceptors (Lipinski definition) is 4. The number of halogens is 2. The fourth-order valence-corrected chi connectivity index (χ4v) is 4.10. The highest BCUT2D eigenvalue weighted by Crippen LogP contribution is 2.32. The van der Waals surface area contributed by atoms with Gasteiger partial charge in [0, 0.05) is 28.1 Å². The third kappa shape index (κ3) is 5.35. The van der Waals surface area contributed by atoms with Crippen LogP contribution in [0, 0.1) is 6.92 Å². The van der Waals surface area contributed by atoms with Crippen molar-refractivity contribution in [1.29, 1.82) is 0 Å². The SMILES string of the molecule is Cc1ccncc1NC(=O)Cc1cc(Cl)cc(-c2ccc(S(C)(=O)=O)cc2Cl)c1. The summed E-state index contributed by atoms with van der Waals surface area (Å²) in [6.45, 7) is 1.89. The molecule has 150 valence electrons. The van der Waals surface area contributed by atoms with Gasteiger partial charge in [0.25, 0.3) is 0 Å². The van der Waals surface area contributed by atoms with Crippen LogP contribution in [0.4, 0.5) is 5.69 Å². The van der Waals surface area contributed by atoms with E-state index < -0.39 is 9.84 Å². The Bertz CT molecular complexity index is 1190. The number of carbonyl (C=O) groups excluding carboxylic acids is 1. The molecule has 0 atom stereocenters. The highest BCUT2D eigenvalue weighted by Gasteiger charge is 2.13. The standard InChI is InChI=1S/C21H18Cl2N2O3S/c1-13-5-6-24-12-20(13)25-21(26)9-14-7-15(10-16(22)8-14)18-4-3-17(11-19(18)23)29(2,27)28/h3-8,10-12H,9H2,1-2H3,(H,25,26). The van der Waals surface area contributed by atoms with Crippen molar-refractivity contribution in [1.82, 2.24) is 4.98 Å². The maximum Gasteiger partial charge on any atom is 0.228 e. The molecule has 1 amide bonds. The van der Waals surface area contributed by atoms with Crippen LogP contribution in [0.15, 0.2) is 59.8 Å². The molecule has 0 fully saturated rings. The maximum atomic E-state index is 12.4. The van der Waals surface area contributed by atoms with Crippen LogP contribution in [0.2, 0.25) is 10.0 Å². The average Bonchev–Trinajstić information content (AvgIpc) is 2.62. The molecule has 1 N–H and O–H groups in total. The molecule has 3 aromatic rings. The van der Waals surface area contributed by atoms with Gasteiger partial charge in [-0.25, -0.2) is 8.42 Å². The molecule has 0 aliphatic heterocycles. The summed E-state index contributed by atoms with van der Waals surface area (Å²) in [6.07, 6.45) is 4.49. The second kappa shape index (κ2) is 8.53. The Morgan fingerprint density at radius 3 is 2.52 bits per heavy atom. The largest absolute Gasteiger partial charge is 0.324 e. The number of nitrogens with zero attached hydrogens (tertiary/aromatic N) is 1. The monoisotopic (exact) mass is 448 g/mol. The molecule has 0 spiro atoms. The fraction of sp³-hybridized carbons (Fsp3) is 0.143. The van der Waals surface area contributed by atoms with Gasteiger partial charge in [-0.2, -0.15) is 0 Å². The van der Waals surface area contributed by atoms with Crippen LogP contribution >= 0.6 is 23.2 Å². The maximum absolute atomic E-state index is 12.4. The second-order valence-corrected chi connectivity index (χ2v) is 9.54. The molecule has 0 saturated heterocycles. The number of anilines is 1. The second-order valence-electron chi connectivity index (χ2n) is 6.68. The summed E-state index contributed by atoms with van der Waals surface area (Å²) in [7, 11) is -3.36. The predicted molar refractivity (Wildman–Crippen MR) is 116 cm³/mol. The highest BCUT2D eigenvalue weighted by molar-refractivity contribution is 7.90. The number of amides is 1. The van der Waals surface area contributed by atoms with Crippen LogP contribution in [-0.2, 0) is 21.1 Å². The summed E-state index contributed by atoms with van der Waals surface area (Å²) in [6, 6.07) is 11.6. The minimum absolute atomic E-state index is 0.112. The zero-order chi connectivity index (χ0) is 21.2. The van der Waals surface area contributed by atoms with E-state index >= 15 is 0 Å².